The normalized spacial score (nSPS) is 8.45. The first-order chi connectivity index (χ1) is 4.84. The van der Waals surface area contributed by atoms with Gasteiger partial charge in [0.2, 0.25) is 0 Å². The van der Waals surface area contributed by atoms with Crippen LogP contribution in [0.2, 0.25) is 0 Å². The molecule has 1 aromatic heterocycles. The van der Waals surface area contributed by atoms with Crippen LogP contribution in [0, 0.1) is 0 Å². The summed E-state index contributed by atoms with van der Waals surface area (Å²) in [6.45, 7) is 3.68. The lowest BCUT2D eigenvalue weighted by atomic mass is 10.2. The monoisotopic (exact) mass is 169 g/mol. The van der Waals surface area contributed by atoms with Crippen molar-refractivity contribution >= 4 is 0 Å². The second-order valence-corrected chi connectivity index (χ2v) is 2.30. The Balaban J connectivity index is 0.000001000. The van der Waals surface area contributed by atoms with E-state index in [1.807, 2.05) is 31.5 Å². The molecule has 0 bridgehead atoms. The van der Waals surface area contributed by atoms with E-state index in [0.717, 1.165) is 6.42 Å². The summed E-state index contributed by atoms with van der Waals surface area (Å²) >= 11 is 0. The maximum Gasteiger partial charge on any atom is 0.184 e. The highest BCUT2D eigenvalue weighted by atomic mass is 35.5. The molecule has 1 aromatic rings. The maximum atomic E-state index is 3.68. The summed E-state index contributed by atoms with van der Waals surface area (Å²) in [6.07, 6.45) is 4.89. The van der Waals surface area contributed by atoms with Crippen LogP contribution in [0.25, 0.3) is 0 Å². The molecule has 0 aliphatic heterocycles. The fraction of sp³-hybridized carbons (Fsp3) is 0.222. The highest BCUT2D eigenvalue weighted by Gasteiger charge is 1.99. The number of halogens is 1. The average molecular weight is 170 g/mol. The largest absolute Gasteiger partial charge is 1.00 e. The fourth-order valence-corrected chi connectivity index (χ4v) is 0.919. The van der Waals surface area contributed by atoms with Crippen LogP contribution in [0.3, 0.4) is 0 Å². The van der Waals surface area contributed by atoms with E-state index < -0.39 is 0 Å². The van der Waals surface area contributed by atoms with Crippen molar-refractivity contribution in [2.75, 3.05) is 0 Å². The van der Waals surface area contributed by atoms with Gasteiger partial charge in [-0.1, -0.05) is 12.1 Å². The Kier molecular flexibility index (Phi) is 4.55. The molecule has 0 aromatic carbocycles. The zero-order chi connectivity index (χ0) is 7.40. The number of rotatable bonds is 2. The van der Waals surface area contributed by atoms with Gasteiger partial charge in [-0.05, 0) is 0 Å². The molecule has 1 rings (SSSR count). The summed E-state index contributed by atoms with van der Waals surface area (Å²) in [5, 5.41) is 0. The van der Waals surface area contributed by atoms with Gasteiger partial charge in [-0.3, -0.25) is 0 Å². The highest BCUT2D eigenvalue weighted by Crippen LogP contribution is 1.91. The van der Waals surface area contributed by atoms with E-state index in [1.165, 1.54) is 5.69 Å². The van der Waals surface area contributed by atoms with E-state index >= 15 is 0 Å². The van der Waals surface area contributed by atoms with Crippen LogP contribution in [0.4, 0.5) is 0 Å². The smallest absolute Gasteiger partial charge is 0.184 e. The van der Waals surface area contributed by atoms with Crippen LogP contribution >= 0.6 is 0 Å². The Morgan fingerprint density at radius 1 is 1.55 bits per heavy atom. The average Bonchev–Trinajstić information content (AvgIpc) is 1.94. The van der Waals surface area contributed by atoms with Gasteiger partial charge in [-0.15, -0.1) is 6.58 Å². The minimum atomic E-state index is 0. The number of hydrogen-bond donors (Lipinski definition) is 0. The number of aromatic nitrogens is 1. The third-order valence-corrected chi connectivity index (χ3v) is 1.52. The lowest BCUT2D eigenvalue weighted by Gasteiger charge is -1.92. The molecule has 0 fully saturated rings. The predicted octanol–water partition coefficient (Wildman–Crippen LogP) is -1.76. The molecule has 0 unspecified atom stereocenters. The van der Waals surface area contributed by atoms with Crippen LogP contribution in [0.5, 0.6) is 0 Å². The summed E-state index contributed by atoms with van der Waals surface area (Å²) in [7, 11) is 2.04. The molecule has 1 heterocycles. The van der Waals surface area contributed by atoms with Crippen molar-refractivity contribution in [3.63, 3.8) is 0 Å². The molecule has 0 amide bonds. The van der Waals surface area contributed by atoms with Crippen molar-refractivity contribution in [3.8, 4) is 0 Å². The standard InChI is InChI=1S/C9H12N.ClH/c1-3-6-9-7-4-5-8-10(9)2;/h3-5,7-8H,1,6H2,2H3;1H/q+1;/p-1. The van der Waals surface area contributed by atoms with E-state index in [0.29, 0.717) is 0 Å². The molecule has 1 nitrogen and oxygen atoms in total. The van der Waals surface area contributed by atoms with Crippen molar-refractivity contribution in [2.24, 2.45) is 7.05 Å². The third kappa shape index (κ3) is 2.72. The van der Waals surface area contributed by atoms with Gasteiger partial charge in [0.1, 0.15) is 7.05 Å². The lowest BCUT2D eigenvalue weighted by Crippen LogP contribution is -3.00. The number of pyridine rings is 1. The van der Waals surface area contributed by atoms with Gasteiger partial charge >= 0.3 is 0 Å². The zero-order valence-electron chi connectivity index (χ0n) is 6.63. The number of nitrogens with zero attached hydrogens (tertiary/aromatic N) is 1. The first-order valence-electron chi connectivity index (χ1n) is 3.39. The van der Waals surface area contributed by atoms with E-state index in [2.05, 4.69) is 17.2 Å². The van der Waals surface area contributed by atoms with Crippen LogP contribution in [0.1, 0.15) is 5.69 Å². The third-order valence-electron chi connectivity index (χ3n) is 1.52. The van der Waals surface area contributed by atoms with Gasteiger partial charge in [-0.2, -0.15) is 0 Å². The van der Waals surface area contributed by atoms with E-state index in [1.54, 1.807) is 0 Å². The molecule has 0 saturated heterocycles. The van der Waals surface area contributed by atoms with Crippen molar-refractivity contribution in [3.05, 3.63) is 42.7 Å². The predicted molar refractivity (Wildman–Crippen MR) is 41.5 cm³/mol. The zero-order valence-corrected chi connectivity index (χ0v) is 7.38. The van der Waals surface area contributed by atoms with Gasteiger partial charge in [-0.25, -0.2) is 4.57 Å². The molecule has 0 N–H and O–H groups in total. The van der Waals surface area contributed by atoms with Crippen LogP contribution in [-0.2, 0) is 13.5 Å². The molecule has 0 aliphatic rings. The Labute approximate surface area is 73.8 Å². The molecule has 2 heteroatoms. The quantitative estimate of drug-likeness (QED) is 0.365. The Morgan fingerprint density at radius 3 is 2.82 bits per heavy atom. The van der Waals surface area contributed by atoms with E-state index in [-0.39, 0.29) is 12.4 Å². The van der Waals surface area contributed by atoms with Crippen LogP contribution in [-0.4, -0.2) is 0 Å². The van der Waals surface area contributed by atoms with Crippen LogP contribution < -0.4 is 17.0 Å². The minimum absolute atomic E-state index is 0. The summed E-state index contributed by atoms with van der Waals surface area (Å²) < 4.78 is 2.10. The van der Waals surface area contributed by atoms with Crippen LogP contribution in [0.15, 0.2) is 37.1 Å². The van der Waals surface area contributed by atoms with Crippen molar-refractivity contribution in [1.82, 2.24) is 0 Å². The fourth-order valence-electron chi connectivity index (χ4n) is 0.919. The Morgan fingerprint density at radius 2 is 2.27 bits per heavy atom. The molecule has 0 saturated carbocycles. The highest BCUT2D eigenvalue weighted by molar-refractivity contribution is 5.00. The molecule has 0 spiro atoms. The molecule has 0 radical (unpaired) electrons. The molecule has 11 heavy (non-hydrogen) atoms. The molecular weight excluding hydrogens is 158 g/mol. The Bertz CT molecular complexity index is 233. The summed E-state index contributed by atoms with van der Waals surface area (Å²) in [6, 6.07) is 6.16. The van der Waals surface area contributed by atoms with E-state index in [4.69, 9.17) is 0 Å². The number of aryl methyl sites for hydroxylation is 1. The van der Waals surface area contributed by atoms with Gasteiger partial charge in [0.05, 0.1) is 6.42 Å². The SMILES string of the molecule is C=CCc1cccc[n+]1C.[Cl-]. The van der Waals surface area contributed by atoms with Gasteiger partial charge < -0.3 is 12.4 Å². The first-order valence-corrected chi connectivity index (χ1v) is 3.39. The topological polar surface area (TPSA) is 3.88 Å². The van der Waals surface area contributed by atoms with Gasteiger partial charge in [0.15, 0.2) is 11.9 Å². The first kappa shape index (κ1) is 10.2. The van der Waals surface area contributed by atoms with Crippen molar-refractivity contribution < 1.29 is 17.0 Å². The van der Waals surface area contributed by atoms with Gasteiger partial charge in [0, 0.05) is 12.1 Å². The number of hydrogen-bond acceptors (Lipinski definition) is 0. The minimum Gasteiger partial charge on any atom is -1.00 e. The Hall–Kier alpha value is -0.820. The molecule has 0 atom stereocenters. The number of allylic oxidation sites excluding steroid dienone is 1. The summed E-state index contributed by atoms with van der Waals surface area (Å²) in [5.74, 6) is 0. The summed E-state index contributed by atoms with van der Waals surface area (Å²) in [4.78, 5) is 0. The van der Waals surface area contributed by atoms with Gasteiger partial charge in [0.25, 0.3) is 0 Å². The molecule has 0 aliphatic carbocycles. The molecule has 60 valence electrons. The van der Waals surface area contributed by atoms with Crippen molar-refractivity contribution in [2.45, 2.75) is 6.42 Å². The second kappa shape index (κ2) is 4.91. The van der Waals surface area contributed by atoms with Crippen molar-refractivity contribution in [1.29, 1.82) is 0 Å². The summed E-state index contributed by atoms with van der Waals surface area (Å²) in [5.41, 5.74) is 1.29. The maximum absolute atomic E-state index is 3.68. The second-order valence-electron chi connectivity index (χ2n) is 2.30. The molecular formula is C9H12ClN. The lowest BCUT2D eigenvalue weighted by molar-refractivity contribution is -0.678. The van der Waals surface area contributed by atoms with E-state index in [9.17, 15) is 0 Å².